The van der Waals surface area contributed by atoms with Crippen LogP contribution >= 0.6 is 0 Å². The lowest BCUT2D eigenvalue weighted by Crippen LogP contribution is -2.47. The first-order valence-electron chi connectivity index (χ1n) is 4.16. The zero-order valence-electron chi connectivity index (χ0n) is 7.55. The molecule has 1 aromatic carbocycles. The topological polar surface area (TPSA) is 101 Å². The van der Waals surface area contributed by atoms with Gasteiger partial charge in [0.25, 0.3) is 5.91 Å². The maximum atomic E-state index is 11.0. The molecule has 0 saturated carbocycles. The minimum atomic E-state index is -1.05. The molecule has 5 nitrogen and oxygen atoms in total. The Kier molecular flexibility index (Phi) is 3.58. The van der Waals surface area contributed by atoms with Crippen molar-refractivity contribution in [3.8, 4) is 0 Å². The van der Waals surface area contributed by atoms with Crippen LogP contribution in [0.1, 0.15) is 11.7 Å². The molecule has 5 heteroatoms. The van der Waals surface area contributed by atoms with E-state index in [1.807, 2.05) is 11.5 Å². The van der Waals surface area contributed by atoms with Crippen LogP contribution < -0.4 is 17.0 Å². The Balaban J connectivity index is 2.75. The highest BCUT2D eigenvalue weighted by Crippen LogP contribution is 2.14. The number of benzene rings is 1. The molecule has 0 radical (unpaired) electrons. The van der Waals surface area contributed by atoms with Crippen LogP contribution in [0.4, 0.5) is 0 Å². The van der Waals surface area contributed by atoms with E-state index in [1.54, 1.807) is 24.3 Å². The van der Waals surface area contributed by atoms with E-state index >= 15 is 0 Å². The largest absolute Gasteiger partial charge is 0.386 e. The standard InChI is InChI=1S/C9H13N3O2/c10-7(9(14)12-11)8(13)6-4-2-1-3-5-6/h1-5,7-8,13H,10-11H2,(H,12,14). The van der Waals surface area contributed by atoms with Gasteiger partial charge >= 0.3 is 0 Å². The number of hydrazine groups is 1. The fourth-order valence-corrected chi connectivity index (χ4v) is 1.10. The highest BCUT2D eigenvalue weighted by molar-refractivity contribution is 5.81. The van der Waals surface area contributed by atoms with Crippen molar-refractivity contribution in [2.75, 3.05) is 0 Å². The van der Waals surface area contributed by atoms with Crippen LogP contribution in [0.2, 0.25) is 0 Å². The van der Waals surface area contributed by atoms with Crippen molar-refractivity contribution in [1.82, 2.24) is 5.43 Å². The Morgan fingerprint density at radius 2 is 1.93 bits per heavy atom. The maximum Gasteiger partial charge on any atom is 0.253 e. The minimum absolute atomic E-state index is 0.587. The van der Waals surface area contributed by atoms with Gasteiger partial charge in [0.05, 0.1) is 0 Å². The van der Waals surface area contributed by atoms with Gasteiger partial charge in [-0.25, -0.2) is 5.84 Å². The molecule has 76 valence electrons. The first-order chi connectivity index (χ1) is 6.66. The Hall–Kier alpha value is -1.43. The summed E-state index contributed by atoms with van der Waals surface area (Å²) < 4.78 is 0. The van der Waals surface area contributed by atoms with Crippen molar-refractivity contribution in [1.29, 1.82) is 0 Å². The SMILES string of the molecule is NNC(=O)C(N)C(O)c1ccccc1. The number of aliphatic hydroxyl groups excluding tert-OH is 1. The summed E-state index contributed by atoms with van der Waals surface area (Å²) in [5, 5.41) is 9.65. The summed E-state index contributed by atoms with van der Waals surface area (Å²) in [6, 6.07) is 7.65. The average molecular weight is 195 g/mol. The number of nitrogens with one attached hydrogen (secondary N) is 1. The molecule has 1 aromatic rings. The predicted octanol–water partition coefficient (Wildman–Crippen LogP) is -0.963. The van der Waals surface area contributed by atoms with Crippen molar-refractivity contribution in [2.45, 2.75) is 12.1 Å². The van der Waals surface area contributed by atoms with Crippen LogP contribution in [0.25, 0.3) is 0 Å². The molecule has 0 bridgehead atoms. The molecule has 6 N–H and O–H groups in total. The average Bonchev–Trinajstić information content (AvgIpc) is 2.27. The molecular formula is C9H13N3O2. The van der Waals surface area contributed by atoms with Crippen LogP contribution in [0.3, 0.4) is 0 Å². The molecule has 0 spiro atoms. The molecule has 0 aliphatic heterocycles. The maximum absolute atomic E-state index is 11.0. The zero-order valence-corrected chi connectivity index (χ0v) is 7.55. The monoisotopic (exact) mass is 195 g/mol. The van der Waals surface area contributed by atoms with Gasteiger partial charge in [0.1, 0.15) is 12.1 Å². The molecule has 14 heavy (non-hydrogen) atoms. The quantitative estimate of drug-likeness (QED) is 0.283. The summed E-state index contributed by atoms with van der Waals surface area (Å²) in [6.45, 7) is 0. The molecule has 0 aromatic heterocycles. The van der Waals surface area contributed by atoms with Gasteiger partial charge in [0, 0.05) is 0 Å². The van der Waals surface area contributed by atoms with Crippen molar-refractivity contribution < 1.29 is 9.90 Å². The van der Waals surface area contributed by atoms with Gasteiger partial charge in [-0.1, -0.05) is 30.3 Å². The third-order valence-corrected chi connectivity index (χ3v) is 1.93. The Bertz CT molecular complexity index is 302. The normalized spacial score (nSPS) is 14.5. The van der Waals surface area contributed by atoms with Gasteiger partial charge in [-0.15, -0.1) is 0 Å². The second-order valence-corrected chi connectivity index (χ2v) is 2.89. The smallest absolute Gasteiger partial charge is 0.253 e. The van der Waals surface area contributed by atoms with Gasteiger partial charge < -0.3 is 10.8 Å². The van der Waals surface area contributed by atoms with E-state index in [-0.39, 0.29) is 0 Å². The van der Waals surface area contributed by atoms with E-state index in [0.29, 0.717) is 5.56 Å². The van der Waals surface area contributed by atoms with Gasteiger partial charge in [0.15, 0.2) is 0 Å². The number of carbonyl (C=O) groups excluding carboxylic acids is 1. The summed E-state index contributed by atoms with van der Waals surface area (Å²) in [5.74, 6) is 4.30. The lowest BCUT2D eigenvalue weighted by atomic mass is 10.0. The first-order valence-corrected chi connectivity index (χ1v) is 4.16. The summed E-state index contributed by atoms with van der Waals surface area (Å²) in [6.07, 6.45) is -1.04. The summed E-state index contributed by atoms with van der Waals surface area (Å²) in [5.41, 5.74) is 7.94. The lowest BCUT2D eigenvalue weighted by molar-refractivity contribution is -0.124. The molecule has 2 unspecified atom stereocenters. The number of hydrogen-bond acceptors (Lipinski definition) is 4. The van der Waals surface area contributed by atoms with Crippen LogP contribution in [0, 0.1) is 0 Å². The Morgan fingerprint density at radius 3 is 2.43 bits per heavy atom. The number of aliphatic hydroxyl groups is 1. The second kappa shape index (κ2) is 4.71. The van der Waals surface area contributed by atoms with Crippen molar-refractivity contribution in [3.63, 3.8) is 0 Å². The van der Waals surface area contributed by atoms with Gasteiger partial charge in [0.2, 0.25) is 0 Å². The van der Waals surface area contributed by atoms with Crippen molar-refractivity contribution >= 4 is 5.91 Å². The molecule has 0 aliphatic carbocycles. The number of carbonyl (C=O) groups is 1. The molecule has 0 aliphatic rings. The Morgan fingerprint density at radius 1 is 1.36 bits per heavy atom. The third kappa shape index (κ3) is 2.29. The van der Waals surface area contributed by atoms with Crippen LogP contribution in [-0.4, -0.2) is 17.1 Å². The summed E-state index contributed by atoms with van der Waals surface area (Å²) >= 11 is 0. The number of amides is 1. The first kappa shape index (κ1) is 10.6. The Labute approximate surface area is 81.7 Å². The van der Waals surface area contributed by atoms with Crippen molar-refractivity contribution in [3.05, 3.63) is 35.9 Å². The van der Waals surface area contributed by atoms with E-state index < -0.39 is 18.1 Å². The minimum Gasteiger partial charge on any atom is -0.386 e. The molecular weight excluding hydrogens is 182 g/mol. The number of nitrogens with two attached hydrogens (primary N) is 2. The van der Waals surface area contributed by atoms with E-state index in [1.165, 1.54) is 0 Å². The molecule has 0 heterocycles. The molecule has 0 fully saturated rings. The zero-order chi connectivity index (χ0) is 10.6. The van der Waals surface area contributed by atoms with E-state index in [0.717, 1.165) is 0 Å². The lowest BCUT2D eigenvalue weighted by Gasteiger charge is -2.17. The van der Waals surface area contributed by atoms with E-state index in [4.69, 9.17) is 11.6 Å². The summed E-state index contributed by atoms with van der Waals surface area (Å²) in [4.78, 5) is 11.0. The van der Waals surface area contributed by atoms with Crippen LogP contribution in [0.5, 0.6) is 0 Å². The number of hydrogen-bond donors (Lipinski definition) is 4. The number of rotatable bonds is 3. The third-order valence-electron chi connectivity index (χ3n) is 1.93. The molecule has 1 amide bonds. The van der Waals surface area contributed by atoms with Gasteiger partial charge in [-0.05, 0) is 5.56 Å². The van der Waals surface area contributed by atoms with E-state index in [2.05, 4.69) is 0 Å². The fourth-order valence-electron chi connectivity index (χ4n) is 1.10. The van der Waals surface area contributed by atoms with Crippen molar-refractivity contribution in [2.24, 2.45) is 11.6 Å². The van der Waals surface area contributed by atoms with Gasteiger partial charge in [-0.2, -0.15) is 0 Å². The fraction of sp³-hybridized carbons (Fsp3) is 0.222. The van der Waals surface area contributed by atoms with Crippen LogP contribution in [0.15, 0.2) is 30.3 Å². The van der Waals surface area contributed by atoms with Crippen LogP contribution in [-0.2, 0) is 4.79 Å². The molecule has 0 saturated heterocycles. The van der Waals surface area contributed by atoms with Gasteiger partial charge in [-0.3, -0.25) is 10.2 Å². The summed E-state index contributed by atoms with van der Waals surface area (Å²) in [7, 11) is 0. The highest BCUT2D eigenvalue weighted by atomic mass is 16.3. The molecule has 1 rings (SSSR count). The molecule has 2 atom stereocenters. The second-order valence-electron chi connectivity index (χ2n) is 2.89. The highest BCUT2D eigenvalue weighted by Gasteiger charge is 2.22. The predicted molar refractivity (Wildman–Crippen MR) is 51.7 cm³/mol. The van der Waals surface area contributed by atoms with E-state index in [9.17, 15) is 9.90 Å².